The van der Waals surface area contributed by atoms with E-state index in [0.29, 0.717) is 5.02 Å². The first kappa shape index (κ1) is 18.2. The van der Waals surface area contributed by atoms with Crippen LogP contribution >= 0.6 is 11.6 Å². The highest BCUT2D eigenvalue weighted by atomic mass is 35.5. The second-order valence-electron chi connectivity index (χ2n) is 6.37. The molecule has 0 heterocycles. The lowest BCUT2D eigenvalue weighted by Crippen LogP contribution is -2.27. The standard InChI is InChI=1S/C19H22ClNO3S/c1-13(15-8-7-14-5-3-4-6-16(14)11-15)21-25(22,23)19-12-17(20)9-10-18(19)24-2/h7-13,21H,3-6H2,1-2H3/t13-/m1/s1. The predicted molar refractivity (Wildman–Crippen MR) is 99.8 cm³/mol. The van der Waals surface area contributed by atoms with Crippen LogP contribution < -0.4 is 9.46 Å². The van der Waals surface area contributed by atoms with Gasteiger partial charge in [0, 0.05) is 11.1 Å². The van der Waals surface area contributed by atoms with Gasteiger partial charge in [0.1, 0.15) is 10.6 Å². The summed E-state index contributed by atoms with van der Waals surface area (Å²) in [6.07, 6.45) is 4.58. The molecule has 1 aliphatic rings. The van der Waals surface area contributed by atoms with Crippen LogP contribution in [0.5, 0.6) is 5.75 Å². The van der Waals surface area contributed by atoms with Crippen LogP contribution in [0.25, 0.3) is 0 Å². The van der Waals surface area contributed by atoms with Gasteiger partial charge in [0.05, 0.1) is 7.11 Å². The van der Waals surface area contributed by atoms with Gasteiger partial charge in [-0.1, -0.05) is 29.8 Å². The zero-order chi connectivity index (χ0) is 18.0. The molecule has 0 saturated carbocycles. The molecule has 25 heavy (non-hydrogen) atoms. The number of aryl methyl sites for hydroxylation is 2. The highest BCUT2D eigenvalue weighted by Crippen LogP contribution is 2.29. The molecule has 134 valence electrons. The van der Waals surface area contributed by atoms with E-state index < -0.39 is 10.0 Å². The number of ether oxygens (including phenoxy) is 1. The van der Waals surface area contributed by atoms with E-state index in [1.165, 1.54) is 37.1 Å². The Hall–Kier alpha value is -1.56. The molecule has 0 fully saturated rings. The third-order valence-corrected chi connectivity index (χ3v) is 6.42. The largest absolute Gasteiger partial charge is 0.495 e. The lowest BCUT2D eigenvalue weighted by atomic mass is 9.89. The lowest BCUT2D eigenvalue weighted by molar-refractivity contribution is 0.402. The highest BCUT2D eigenvalue weighted by molar-refractivity contribution is 7.89. The second kappa shape index (κ2) is 7.36. The molecular formula is C19H22ClNO3S. The van der Waals surface area contributed by atoms with Crippen molar-refractivity contribution in [2.45, 2.75) is 43.5 Å². The summed E-state index contributed by atoms with van der Waals surface area (Å²) in [5, 5.41) is 0.350. The lowest BCUT2D eigenvalue weighted by Gasteiger charge is -2.20. The average Bonchev–Trinajstić information content (AvgIpc) is 2.61. The molecule has 6 heteroatoms. The van der Waals surface area contributed by atoms with Crippen molar-refractivity contribution >= 4 is 21.6 Å². The monoisotopic (exact) mass is 379 g/mol. The van der Waals surface area contributed by atoms with E-state index in [1.807, 2.05) is 13.0 Å². The fourth-order valence-corrected chi connectivity index (χ4v) is 4.91. The van der Waals surface area contributed by atoms with Crippen LogP contribution in [0.1, 0.15) is 42.5 Å². The topological polar surface area (TPSA) is 55.4 Å². The number of hydrogen-bond donors (Lipinski definition) is 1. The Morgan fingerprint density at radius 3 is 2.52 bits per heavy atom. The molecule has 0 spiro atoms. The molecule has 0 bridgehead atoms. The molecule has 0 saturated heterocycles. The minimum absolute atomic E-state index is 0.0484. The molecule has 3 rings (SSSR count). The minimum Gasteiger partial charge on any atom is -0.495 e. The average molecular weight is 380 g/mol. The van der Waals surface area contributed by atoms with E-state index in [9.17, 15) is 8.42 Å². The third-order valence-electron chi connectivity index (χ3n) is 4.62. The summed E-state index contributed by atoms with van der Waals surface area (Å²) in [6.45, 7) is 1.85. The Bertz CT molecular complexity index is 880. The van der Waals surface area contributed by atoms with Crippen molar-refractivity contribution in [1.82, 2.24) is 4.72 Å². The predicted octanol–water partition coefficient (Wildman–Crippen LogP) is 4.27. The fraction of sp³-hybridized carbons (Fsp3) is 0.368. The first-order valence-electron chi connectivity index (χ1n) is 8.38. The van der Waals surface area contributed by atoms with E-state index in [4.69, 9.17) is 16.3 Å². The summed E-state index contributed by atoms with van der Waals surface area (Å²) in [4.78, 5) is 0.0484. The van der Waals surface area contributed by atoms with Crippen LogP contribution in [-0.4, -0.2) is 15.5 Å². The van der Waals surface area contributed by atoms with Crippen LogP contribution in [-0.2, 0) is 22.9 Å². The molecule has 1 aliphatic carbocycles. The van der Waals surface area contributed by atoms with Crippen LogP contribution in [0.15, 0.2) is 41.3 Å². The fourth-order valence-electron chi connectivity index (χ4n) is 3.25. The first-order chi connectivity index (χ1) is 11.9. The van der Waals surface area contributed by atoms with Crippen molar-refractivity contribution in [3.05, 3.63) is 58.1 Å². The van der Waals surface area contributed by atoms with Crippen molar-refractivity contribution in [3.8, 4) is 5.75 Å². The van der Waals surface area contributed by atoms with E-state index in [0.717, 1.165) is 18.4 Å². The van der Waals surface area contributed by atoms with Crippen LogP contribution in [0.3, 0.4) is 0 Å². The first-order valence-corrected chi connectivity index (χ1v) is 10.2. The SMILES string of the molecule is COc1ccc(Cl)cc1S(=O)(=O)N[C@H](C)c1ccc2c(c1)CCCC2. The van der Waals surface area contributed by atoms with E-state index in [1.54, 1.807) is 12.1 Å². The summed E-state index contributed by atoms with van der Waals surface area (Å²) < 4.78 is 33.5. The van der Waals surface area contributed by atoms with E-state index >= 15 is 0 Å². The summed E-state index contributed by atoms with van der Waals surface area (Å²) >= 11 is 5.97. The van der Waals surface area contributed by atoms with Crippen LogP contribution in [0.2, 0.25) is 5.02 Å². The molecule has 1 N–H and O–H groups in total. The number of sulfonamides is 1. The van der Waals surface area contributed by atoms with Crippen LogP contribution in [0, 0.1) is 0 Å². The molecule has 2 aromatic rings. The van der Waals surface area contributed by atoms with Gasteiger partial charge in [-0.25, -0.2) is 13.1 Å². The van der Waals surface area contributed by atoms with Gasteiger partial charge >= 0.3 is 0 Å². The number of nitrogens with one attached hydrogen (secondary N) is 1. The summed E-state index contributed by atoms with van der Waals surface area (Å²) in [5.41, 5.74) is 3.67. The number of fused-ring (bicyclic) bond motifs is 1. The summed E-state index contributed by atoms with van der Waals surface area (Å²) in [7, 11) is -2.31. The highest BCUT2D eigenvalue weighted by Gasteiger charge is 2.23. The molecule has 0 amide bonds. The summed E-state index contributed by atoms with van der Waals surface area (Å²) in [5.74, 6) is 0.273. The van der Waals surface area contributed by atoms with Crippen molar-refractivity contribution in [1.29, 1.82) is 0 Å². The maximum atomic E-state index is 12.8. The maximum Gasteiger partial charge on any atom is 0.244 e. The van der Waals surface area contributed by atoms with Gasteiger partial charge in [0.25, 0.3) is 0 Å². The Balaban J connectivity index is 1.87. The molecule has 0 aromatic heterocycles. The second-order valence-corrected chi connectivity index (χ2v) is 8.49. The Morgan fingerprint density at radius 1 is 1.08 bits per heavy atom. The van der Waals surface area contributed by atoms with E-state index in [-0.39, 0.29) is 16.7 Å². The summed E-state index contributed by atoms with van der Waals surface area (Å²) in [6, 6.07) is 10.5. The van der Waals surface area contributed by atoms with Crippen molar-refractivity contribution in [2.75, 3.05) is 7.11 Å². The molecule has 1 atom stereocenters. The molecule has 4 nitrogen and oxygen atoms in total. The van der Waals surface area contributed by atoms with E-state index in [2.05, 4.69) is 16.9 Å². The Kier molecular flexibility index (Phi) is 5.37. The van der Waals surface area contributed by atoms with Gasteiger partial charge in [-0.2, -0.15) is 0 Å². The zero-order valence-corrected chi connectivity index (χ0v) is 16.0. The molecule has 0 unspecified atom stereocenters. The Labute approximate surface area is 154 Å². The van der Waals surface area contributed by atoms with Gasteiger partial charge in [0.15, 0.2) is 0 Å². The smallest absolute Gasteiger partial charge is 0.244 e. The number of rotatable bonds is 5. The normalized spacial score (nSPS) is 15.5. The van der Waals surface area contributed by atoms with Crippen LogP contribution in [0.4, 0.5) is 0 Å². The van der Waals surface area contributed by atoms with Crippen molar-refractivity contribution in [3.63, 3.8) is 0 Å². The van der Waals surface area contributed by atoms with Gasteiger partial charge in [-0.3, -0.25) is 0 Å². The zero-order valence-electron chi connectivity index (χ0n) is 14.4. The maximum absolute atomic E-state index is 12.8. The quantitative estimate of drug-likeness (QED) is 0.844. The van der Waals surface area contributed by atoms with Gasteiger partial charge in [-0.05, 0) is 67.5 Å². The number of halogens is 1. The van der Waals surface area contributed by atoms with Gasteiger partial charge in [-0.15, -0.1) is 0 Å². The minimum atomic E-state index is -3.75. The van der Waals surface area contributed by atoms with Gasteiger partial charge in [0.2, 0.25) is 10.0 Å². The third kappa shape index (κ3) is 4.00. The molecule has 2 aromatic carbocycles. The Morgan fingerprint density at radius 2 is 1.80 bits per heavy atom. The molecular weight excluding hydrogens is 358 g/mol. The number of methoxy groups -OCH3 is 1. The number of hydrogen-bond acceptors (Lipinski definition) is 3. The number of benzene rings is 2. The molecule has 0 radical (unpaired) electrons. The molecule has 0 aliphatic heterocycles. The van der Waals surface area contributed by atoms with Crippen molar-refractivity contribution in [2.24, 2.45) is 0 Å². The van der Waals surface area contributed by atoms with Crippen molar-refractivity contribution < 1.29 is 13.2 Å². The van der Waals surface area contributed by atoms with Gasteiger partial charge < -0.3 is 4.74 Å².